The first-order valence-electron chi connectivity index (χ1n) is 6.81. The fraction of sp³-hybridized carbons (Fsp3) is 0.923. The number of ether oxygens (including phenoxy) is 1. The zero-order valence-corrected chi connectivity index (χ0v) is 11.9. The summed E-state index contributed by atoms with van der Waals surface area (Å²) in [5, 5.41) is 2.94. The van der Waals surface area contributed by atoms with Crippen molar-refractivity contribution in [3.63, 3.8) is 0 Å². The van der Waals surface area contributed by atoms with Crippen molar-refractivity contribution in [2.24, 2.45) is 0 Å². The average Bonchev–Trinajstić information content (AvgIpc) is 2.37. The van der Waals surface area contributed by atoms with Gasteiger partial charge in [-0.15, -0.1) is 0 Å². The van der Waals surface area contributed by atoms with Gasteiger partial charge in [-0.1, -0.05) is 0 Å². The third-order valence-corrected chi connectivity index (χ3v) is 3.58. The highest BCUT2D eigenvalue weighted by Gasteiger charge is 2.18. The lowest BCUT2D eigenvalue weighted by Crippen LogP contribution is -2.48. The molecule has 106 valence electrons. The summed E-state index contributed by atoms with van der Waals surface area (Å²) in [6.07, 6.45) is 1.47. The Labute approximate surface area is 110 Å². The fourth-order valence-electron chi connectivity index (χ4n) is 2.15. The lowest BCUT2D eigenvalue weighted by molar-refractivity contribution is -0.122. The summed E-state index contributed by atoms with van der Waals surface area (Å²) >= 11 is 0. The lowest BCUT2D eigenvalue weighted by atomic mass is 10.1. The highest BCUT2D eigenvalue weighted by atomic mass is 16.5. The van der Waals surface area contributed by atoms with E-state index in [1.807, 2.05) is 0 Å². The molecule has 5 heteroatoms. The van der Waals surface area contributed by atoms with E-state index in [2.05, 4.69) is 29.1 Å². The summed E-state index contributed by atoms with van der Waals surface area (Å²) < 4.78 is 4.87. The van der Waals surface area contributed by atoms with Crippen LogP contribution in [-0.2, 0) is 9.53 Å². The van der Waals surface area contributed by atoms with Crippen LogP contribution in [0.2, 0.25) is 0 Å². The summed E-state index contributed by atoms with van der Waals surface area (Å²) in [6, 6.07) is 0.543. The van der Waals surface area contributed by atoms with Gasteiger partial charge < -0.3 is 15.0 Å². The van der Waals surface area contributed by atoms with Crippen LogP contribution >= 0.6 is 0 Å². The quantitative estimate of drug-likeness (QED) is 0.706. The molecule has 1 aliphatic heterocycles. The SMILES string of the molecule is COCCC(=O)NCCC(C)N1CCN(C)CC1. The molecule has 0 aromatic heterocycles. The summed E-state index contributed by atoms with van der Waals surface area (Å²) in [7, 11) is 3.78. The molecule has 0 aromatic rings. The molecule has 0 bridgehead atoms. The molecule has 0 radical (unpaired) electrons. The van der Waals surface area contributed by atoms with E-state index in [1.165, 1.54) is 0 Å². The maximum absolute atomic E-state index is 11.4. The van der Waals surface area contributed by atoms with E-state index in [0.29, 0.717) is 19.1 Å². The first-order chi connectivity index (χ1) is 8.63. The summed E-state index contributed by atoms with van der Waals surface area (Å²) in [5.41, 5.74) is 0. The minimum Gasteiger partial charge on any atom is -0.384 e. The molecular formula is C13H27N3O2. The molecule has 5 nitrogen and oxygen atoms in total. The van der Waals surface area contributed by atoms with Gasteiger partial charge in [-0.3, -0.25) is 9.69 Å². The molecule has 1 atom stereocenters. The van der Waals surface area contributed by atoms with E-state index in [9.17, 15) is 4.79 Å². The Bertz CT molecular complexity index is 240. The van der Waals surface area contributed by atoms with E-state index in [-0.39, 0.29) is 5.91 Å². The van der Waals surface area contributed by atoms with Gasteiger partial charge in [-0.05, 0) is 20.4 Å². The smallest absolute Gasteiger partial charge is 0.222 e. The van der Waals surface area contributed by atoms with Gasteiger partial charge in [0, 0.05) is 52.3 Å². The van der Waals surface area contributed by atoms with Gasteiger partial charge in [-0.2, -0.15) is 0 Å². The van der Waals surface area contributed by atoms with Crippen LogP contribution in [0.25, 0.3) is 0 Å². The Balaban J connectivity index is 2.09. The van der Waals surface area contributed by atoms with Gasteiger partial charge in [-0.25, -0.2) is 0 Å². The van der Waals surface area contributed by atoms with Crippen molar-refractivity contribution >= 4 is 5.91 Å². The van der Waals surface area contributed by atoms with Crippen molar-refractivity contribution in [2.75, 3.05) is 53.5 Å². The van der Waals surface area contributed by atoms with Crippen molar-refractivity contribution in [2.45, 2.75) is 25.8 Å². The number of amides is 1. The summed E-state index contributed by atoms with van der Waals surface area (Å²) in [6.45, 7) is 8.06. The molecule has 1 amide bonds. The minimum absolute atomic E-state index is 0.0856. The number of piperazine rings is 1. The second kappa shape index (κ2) is 8.45. The second-order valence-corrected chi connectivity index (χ2v) is 5.07. The standard InChI is InChI=1S/C13H27N3O2/c1-12(16-9-7-15(2)8-10-16)4-6-14-13(17)5-11-18-3/h12H,4-11H2,1-3H3,(H,14,17). The maximum Gasteiger partial charge on any atom is 0.222 e. The van der Waals surface area contributed by atoms with Crippen LogP contribution in [0.4, 0.5) is 0 Å². The predicted molar refractivity (Wildman–Crippen MR) is 72.7 cm³/mol. The van der Waals surface area contributed by atoms with Crippen molar-refractivity contribution in [1.82, 2.24) is 15.1 Å². The van der Waals surface area contributed by atoms with Crippen LogP contribution in [0.1, 0.15) is 19.8 Å². The molecular weight excluding hydrogens is 230 g/mol. The topological polar surface area (TPSA) is 44.8 Å². The molecule has 1 fully saturated rings. The molecule has 1 rings (SSSR count). The van der Waals surface area contributed by atoms with Crippen molar-refractivity contribution in [3.05, 3.63) is 0 Å². The first kappa shape index (κ1) is 15.4. The highest BCUT2D eigenvalue weighted by molar-refractivity contribution is 5.75. The van der Waals surface area contributed by atoms with Gasteiger partial charge >= 0.3 is 0 Å². The number of hydrogen-bond acceptors (Lipinski definition) is 4. The van der Waals surface area contributed by atoms with Crippen molar-refractivity contribution in [1.29, 1.82) is 0 Å². The molecule has 1 N–H and O–H groups in total. The maximum atomic E-state index is 11.4. The zero-order valence-electron chi connectivity index (χ0n) is 11.9. The minimum atomic E-state index is 0.0856. The molecule has 0 aromatic carbocycles. The number of nitrogens with one attached hydrogen (secondary N) is 1. The summed E-state index contributed by atoms with van der Waals surface area (Å²) in [4.78, 5) is 16.2. The molecule has 0 spiro atoms. The molecule has 1 heterocycles. The molecule has 0 aliphatic carbocycles. The molecule has 18 heavy (non-hydrogen) atoms. The van der Waals surface area contributed by atoms with Crippen LogP contribution in [0.5, 0.6) is 0 Å². The zero-order chi connectivity index (χ0) is 13.4. The van der Waals surface area contributed by atoms with E-state index in [1.54, 1.807) is 7.11 Å². The summed E-state index contributed by atoms with van der Waals surface area (Å²) in [5.74, 6) is 0.0856. The highest BCUT2D eigenvalue weighted by Crippen LogP contribution is 2.07. The van der Waals surface area contributed by atoms with Gasteiger partial charge in [0.1, 0.15) is 0 Å². The van der Waals surface area contributed by atoms with Gasteiger partial charge in [0.25, 0.3) is 0 Å². The third-order valence-electron chi connectivity index (χ3n) is 3.58. The average molecular weight is 257 g/mol. The number of nitrogens with zero attached hydrogens (tertiary/aromatic N) is 2. The van der Waals surface area contributed by atoms with E-state index >= 15 is 0 Å². The van der Waals surface area contributed by atoms with Crippen LogP contribution < -0.4 is 5.32 Å². The van der Waals surface area contributed by atoms with E-state index < -0.39 is 0 Å². The Morgan fingerprint density at radius 3 is 2.61 bits per heavy atom. The molecule has 0 saturated carbocycles. The van der Waals surface area contributed by atoms with Gasteiger partial charge in [0.15, 0.2) is 0 Å². The van der Waals surface area contributed by atoms with Gasteiger partial charge in [0.2, 0.25) is 5.91 Å². The Hall–Kier alpha value is -0.650. The number of carbonyl (C=O) groups is 1. The Kier molecular flexibility index (Phi) is 7.23. The normalized spacial score (nSPS) is 19.7. The van der Waals surface area contributed by atoms with Crippen LogP contribution in [0.15, 0.2) is 0 Å². The number of carbonyl (C=O) groups excluding carboxylic acids is 1. The van der Waals surface area contributed by atoms with Crippen LogP contribution in [-0.4, -0.2) is 75.2 Å². The fourth-order valence-corrected chi connectivity index (χ4v) is 2.15. The molecule has 1 saturated heterocycles. The monoisotopic (exact) mass is 257 g/mol. The van der Waals surface area contributed by atoms with E-state index in [0.717, 1.165) is 39.1 Å². The number of rotatable bonds is 7. The van der Waals surface area contributed by atoms with Crippen molar-refractivity contribution < 1.29 is 9.53 Å². The Morgan fingerprint density at radius 2 is 2.00 bits per heavy atom. The number of methoxy groups -OCH3 is 1. The molecule has 1 aliphatic rings. The largest absolute Gasteiger partial charge is 0.384 e. The Morgan fingerprint density at radius 1 is 1.33 bits per heavy atom. The number of likely N-dealkylation sites (N-methyl/N-ethyl adjacent to an activating group) is 1. The molecule has 1 unspecified atom stereocenters. The van der Waals surface area contributed by atoms with Crippen LogP contribution in [0.3, 0.4) is 0 Å². The first-order valence-corrected chi connectivity index (χ1v) is 6.81. The number of hydrogen-bond donors (Lipinski definition) is 1. The lowest BCUT2D eigenvalue weighted by Gasteiger charge is -2.36. The van der Waals surface area contributed by atoms with E-state index in [4.69, 9.17) is 4.74 Å². The van der Waals surface area contributed by atoms with Gasteiger partial charge in [0.05, 0.1) is 6.61 Å². The second-order valence-electron chi connectivity index (χ2n) is 5.07. The predicted octanol–water partition coefficient (Wildman–Crippen LogP) is 0.165. The van der Waals surface area contributed by atoms with Crippen LogP contribution in [0, 0.1) is 0 Å². The van der Waals surface area contributed by atoms with Crippen molar-refractivity contribution in [3.8, 4) is 0 Å². The third kappa shape index (κ3) is 5.80.